The fraction of sp³-hybridized carbons (Fsp3) is 0.107. The lowest BCUT2D eigenvalue weighted by Crippen LogP contribution is -1.98. The van der Waals surface area contributed by atoms with E-state index >= 15 is 0 Å². The number of hydrogen-bond acceptors (Lipinski definition) is 7. The first-order valence-corrected chi connectivity index (χ1v) is 11.2. The Balaban J connectivity index is 1.47. The van der Waals surface area contributed by atoms with Gasteiger partial charge in [-0.15, -0.1) is 0 Å². The molecule has 0 spiro atoms. The molecule has 0 amide bonds. The van der Waals surface area contributed by atoms with Gasteiger partial charge >= 0.3 is 0 Å². The molecule has 1 aromatic heterocycles. The molecule has 4 aromatic carbocycles. The first-order chi connectivity index (χ1) is 17.5. The minimum atomic E-state index is -0.143. The van der Waals surface area contributed by atoms with Crippen molar-refractivity contribution in [3.63, 3.8) is 0 Å². The smallest absolute Gasteiger partial charge is 0.170 e. The predicted octanol–water partition coefficient (Wildman–Crippen LogP) is 5.61. The van der Waals surface area contributed by atoms with E-state index in [9.17, 15) is 15.3 Å². The number of ether oxygens (including phenoxy) is 3. The summed E-state index contributed by atoms with van der Waals surface area (Å²) in [7, 11) is 2.96. The maximum atomic E-state index is 11.2. The zero-order chi connectivity index (χ0) is 25.2. The van der Waals surface area contributed by atoms with E-state index in [-0.39, 0.29) is 35.4 Å². The molecule has 0 fully saturated rings. The number of aromatic hydroxyl groups is 3. The molecule has 36 heavy (non-hydrogen) atoms. The monoisotopic (exact) mass is 484 g/mol. The van der Waals surface area contributed by atoms with E-state index in [0.717, 1.165) is 16.6 Å². The molecule has 0 aliphatic heterocycles. The number of fused-ring (bicyclic) bond motifs is 1. The van der Waals surface area contributed by atoms with E-state index in [1.165, 1.54) is 20.3 Å². The van der Waals surface area contributed by atoms with E-state index in [0.29, 0.717) is 28.3 Å². The van der Waals surface area contributed by atoms with Gasteiger partial charge < -0.3 is 34.5 Å². The number of H-pyrrole nitrogens is 1. The third-order valence-electron chi connectivity index (χ3n) is 5.87. The van der Waals surface area contributed by atoms with Gasteiger partial charge in [0.2, 0.25) is 0 Å². The van der Waals surface area contributed by atoms with Crippen LogP contribution in [0.2, 0.25) is 0 Å². The molecule has 0 saturated heterocycles. The van der Waals surface area contributed by atoms with Crippen molar-refractivity contribution < 1.29 is 29.5 Å². The van der Waals surface area contributed by atoms with Gasteiger partial charge in [0.05, 0.1) is 30.8 Å². The van der Waals surface area contributed by atoms with Gasteiger partial charge in [-0.1, -0.05) is 30.3 Å². The number of nitrogens with one attached hydrogen (secondary N) is 1. The molecule has 0 unspecified atom stereocenters. The lowest BCUT2D eigenvalue weighted by Gasteiger charge is -2.18. The highest BCUT2D eigenvalue weighted by Crippen LogP contribution is 2.50. The number of phenolic OH excluding ortho intramolecular Hbond substituents is 3. The molecule has 0 bridgehead atoms. The largest absolute Gasteiger partial charge is 0.508 e. The van der Waals surface area contributed by atoms with Gasteiger partial charge in [-0.3, -0.25) is 0 Å². The number of benzene rings is 4. The second kappa shape index (κ2) is 9.42. The molecule has 1 heterocycles. The average Bonchev–Trinajstić information content (AvgIpc) is 3.31. The fourth-order valence-electron chi connectivity index (χ4n) is 4.14. The number of phenols is 3. The topological polar surface area (TPSA) is 117 Å². The highest BCUT2D eigenvalue weighted by Gasteiger charge is 2.22. The van der Waals surface area contributed by atoms with Crippen LogP contribution in [-0.4, -0.2) is 39.5 Å². The summed E-state index contributed by atoms with van der Waals surface area (Å²) in [6.45, 7) is 0.144. The van der Waals surface area contributed by atoms with Crippen molar-refractivity contribution in [3.8, 4) is 56.8 Å². The normalized spacial score (nSPS) is 10.9. The molecule has 0 radical (unpaired) electrons. The quantitative estimate of drug-likeness (QED) is 0.237. The van der Waals surface area contributed by atoms with Gasteiger partial charge in [0.25, 0.3) is 0 Å². The first-order valence-electron chi connectivity index (χ1n) is 11.2. The molecule has 5 aromatic rings. The SMILES string of the molecule is COc1cc(-c2ccc(O)cc2)c(OC)c(O)c1-c1ccc(OCc2nc3ccccc3[nH]2)c(O)c1. The third-order valence-corrected chi connectivity index (χ3v) is 5.87. The summed E-state index contributed by atoms with van der Waals surface area (Å²) in [4.78, 5) is 7.66. The van der Waals surface area contributed by atoms with Crippen molar-refractivity contribution in [3.05, 3.63) is 78.6 Å². The van der Waals surface area contributed by atoms with Gasteiger partial charge in [0, 0.05) is 5.56 Å². The fourth-order valence-corrected chi connectivity index (χ4v) is 4.14. The van der Waals surface area contributed by atoms with Crippen LogP contribution in [0.4, 0.5) is 0 Å². The Morgan fingerprint density at radius 2 is 1.56 bits per heavy atom. The van der Waals surface area contributed by atoms with E-state index < -0.39 is 0 Å². The summed E-state index contributed by atoms with van der Waals surface area (Å²) < 4.78 is 16.9. The summed E-state index contributed by atoms with van der Waals surface area (Å²) in [6.07, 6.45) is 0. The molecule has 0 aliphatic carbocycles. The molecular formula is C28H24N2O6. The molecule has 8 heteroatoms. The van der Waals surface area contributed by atoms with Crippen molar-refractivity contribution >= 4 is 11.0 Å². The molecule has 182 valence electrons. The van der Waals surface area contributed by atoms with E-state index in [2.05, 4.69) is 9.97 Å². The van der Waals surface area contributed by atoms with Crippen molar-refractivity contribution in [2.75, 3.05) is 14.2 Å². The number of hydrogen-bond donors (Lipinski definition) is 4. The molecule has 5 rings (SSSR count). The summed E-state index contributed by atoms with van der Waals surface area (Å²) in [5.41, 5.74) is 3.92. The van der Waals surface area contributed by atoms with Crippen LogP contribution >= 0.6 is 0 Å². The van der Waals surface area contributed by atoms with E-state index in [1.54, 1.807) is 42.5 Å². The Bertz CT molecular complexity index is 1510. The summed E-state index contributed by atoms with van der Waals surface area (Å²) in [5.74, 6) is 1.40. The number of nitrogens with zero attached hydrogens (tertiary/aromatic N) is 1. The third kappa shape index (κ3) is 4.20. The Morgan fingerprint density at radius 1 is 0.806 bits per heavy atom. The average molecular weight is 485 g/mol. The van der Waals surface area contributed by atoms with Gasteiger partial charge in [0.1, 0.15) is 23.9 Å². The minimum absolute atomic E-state index is 0.105. The van der Waals surface area contributed by atoms with Crippen molar-refractivity contribution in [1.82, 2.24) is 9.97 Å². The van der Waals surface area contributed by atoms with Gasteiger partial charge in [-0.25, -0.2) is 4.98 Å². The standard InChI is InChI=1S/C28H24N2O6/c1-34-24-14-19(16-7-10-18(31)11-8-16)28(35-2)27(33)26(24)17-9-12-23(22(32)13-17)36-15-25-29-20-5-3-4-6-21(20)30-25/h3-14,31-33H,15H2,1-2H3,(H,29,30). The van der Waals surface area contributed by atoms with Crippen LogP contribution in [0.25, 0.3) is 33.3 Å². The van der Waals surface area contributed by atoms with Crippen LogP contribution in [-0.2, 0) is 6.61 Å². The first kappa shape index (κ1) is 22.9. The molecule has 0 saturated carbocycles. The van der Waals surface area contributed by atoms with Gasteiger partial charge in [0.15, 0.2) is 23.0 Å². The van der Waals surface area contributed by atoms with E-state index in [4.69, 9.17) is 14.2 Å². The van der Waals surface area contributed by atoms with Crippen LogP contribution in [0.5, 0.6) is 34.5 Å². The zero-order valence-corrected chi connectivity index (χ0v) is 19.6. The second-order valence-electron chi connectivity index (χ2n) is 8.10. The van der Waals surface area contributed by atoms with Crippen LogP contribution in [0.1, 0.15) is 5.82 Å². The Labute approximate surface area is 207 Å². The van der Waals surface area contributed by atoms with Gasteiger partial charge in [-0.05, 0) is 53.6 Å². The molecule has 4 N–H and O–H groups in total. The Hall–Kier alpha value is -4.85. The van der Waals surface area contributed by atoms with Crippen molar-refractivity contribution in [2.24, 2.45) is 0 Å². The maximum Gasteiger partial charge on any atom is 0.170 e. The number of aromatic amines is 1. The van der Waals surface area contributed by atoms with Gasteiger partial charge in [-0.2, -0.15) is 0 Å². The molecule has 0 aliphatic rings. The van der Waals surface area contributed by atoms with Crippen LogP contribution in [0.15, 0.2) is 72.8 Å². The maximum absolute atomic E-state index is 11.2. The number of rotatable bonds is 7. The number of para-hydroxylation sites is 2. The zero-order valence-electron chi connectivity index (χ0n) is 19.6. The van der Waals surface area contributed by atoms with Crippen molar-refractivity contribution in [2.45, 2.75) is 6.61 Å². The van der Waals surface area contributed by atoms with Crippen molar-refractivity contribution in [1.29, 1.82) is 0 Å². The highest BCUT2D eigenvalue weighted by atomic mass is 16.5. The Kier molecular flexibility index (Phi) is 6.00. The molecular weight excluding hydrogens is 460 g/mol. The summed E-state index contributed by atoms with van der Waals surface area (Å²) in [6, 6.07) is 20.8. The second-order valence-corrected chi connectivity index (χ2v) is 8.10. The minimum Gasteiger partial charge on any atom is -0.508 e. The highest BCUT2D eigenvalue weighted by molar-refractivity contribution is 5.88. The van der Waals surface area contributed by atoms with Crippen LogP contribution in [0, 0.1) is 0 Å². The Morgan fingerprint density at radius 3 is 2.25 bits per heavy atom. The van der Waals surface area contributed by atoms with Crippen LogP contribution in [0.3, 0.4) is 0 Å². The summed E-state index contributed by atoms with van der Waals surface area (Å²) in [5, 5.41) is 31.4. The van der Waals surface area contributed by atoms with Crippen LogP contribution < -0.4 is 14.2 Å². The summed E-state index contributed by atoms with van der Waals surface area (Å²) >= 11 is 0. The predicted molar refractivity (Wildman–Crippen MR) is 136 cm³/mol. The number of imidazole rings is 1. The number of aromatic nitrogens is 2. The lowest BCUT2D eigenvalue weighted by atomic mass is 9.96. The van der Waals surface area contributed by atoms with E-state index in [1.807, 2.05) is 24.3 Å². The molecule has 0 atom stereocenters. The number of methoxy groups -OCH3 is 2. The lowest BCUT2D eigenvalue weighted by molar-refractivity contribution is 0.281. The molecule has 8 nitrogen and oxygen atoms in total.